The number of anilines is 5. The van der Waals surface area contributed by atoms with Crippen LogP contribution in [-0.4, -0.2) is 7.05 Å². The largest absolute Gasteiger partial charge is 0.558 e. The van der Waals surface area contributed by atoms with Crippen molar-refractivity contribution in [1.82, 2.24) is 0 Å². The summed E-state index contributed by atoms with van der Waals surface area (Å²) in [5.41, 5.74) is 20.3. The van der Waals surface area contributed by atoms with Crippen molar-refractivity contribution in [3.8, 4) is 22.3 Å². The van der Waals surface area contributed by atoms with E-state index in [-0.39, 0.29) is 31.6 Å². The molecule has 1 atom stereocenters. The molecule has 4 nitrogen and oxygen atoms in total. The van der Waals surface area contributed by atoms with Crippen molar-refractivity contribution in [2.45, 2.75) is 70.8 Å². The number of hydrogen-bond acceptors (Lipinski definition) is 3. The first-order valence-electron chi connectivity index (χ1n) is 19.3. The Hall–Kier alpha value is -4.67. The number of unbranched alkanes of at least 4 members (excludes halogenated alkanes) is 2. The van der Waals surface area contributed by atoms with Crippen LogP contribution in [0.5, 0.6) is 0 Å². The van der Waals surface area contributed by atoms with E-state index in [0.29, 0.717) is 0 Å². The number of rotatable bonds is 9. The molecule has 6 aromatic rings. The van der Waals surface area contributed by atoms with Gasteiger partial charge in [0, 0.05) is 42.6 Å². The predicted octanol–water partition coefficient (Wildman–Crippen LogP) is 13.5. The molecule has 0 N–H and O–H groups in total. The quantitative estimate of drug-likeness (QED) is 0.135. The zero-order chi connectivity index (χ0) is 36.4. The average molecular weight is 885 g/mol. The topological polar surface area (TPSA) is 23.8 Å². The van der Waals surface area contributed by atoms with Gasteiger partial charge >= 0.3 is 0 Å². The molecule has 277 valence electrons. The van der Waals surface area contributed by atoms with Crippen LogP contribution in [0, 0.1) is 18.8 Å². The molecular formula is C49H48IrN4-4. The van der Waals surface area contributed by atoms with Crippen LogP contribution in [0.1, 0.15) is 82.0 Å². The van der Waals surface area contributed by atoms with Gasteiger partial charge in [-0.15, -0.1) is 17.3 Å². The van der Waals surface area contributed by atoms with Gasteiger partial charge in [-0.3, -0.25) is 0 Å². The normalized spacial score (nSPS) is 15.8. The van der Waals surface area contributed by atoms with Crippen LogP contribution < -0.4 is 14.8 Å². The average Bonchev–Trinajstić information content (AvgIpc) is 3.84. The molecular weight excluding hydrogens is 837 g/mol. The Labute approximate surface area is 336 Å². The Bertz CT molecular complexity index is 2170. The standard InChI is InChI=1S/C35H36N2.C14H12N2.Ir/c1-4-6-22-35(23-7-5-2)32-14-10-8-13-30(32)31-21-18-27(24-33(31)35)26-16-19-28(20-17-26)37-34-15-11-9-12-29(34)25(3)36-37;1-15-11-16(12-7-3-2-4-8-12)14-10-6-5-9-13(14)15;/h8-19,21,24-25H,4-7,22-23H2,1-3H3;2-7,9-11H,1H3;/q2*-2;. The van der Waals surface area contributed by atoms with Crippen LogP contribution >= 0.6 is 0 Å². The summed E-state index contributed by atoms with van der Waals surface area (Å²) in [6.07, 6.45) is 7.40. The number of hydrogen-bond donors (Lipinski definition) is 0. The maximum atomic E-state index is 4.88. The first-order chi connectivity index (χ1) is 26.0. The van der Waals surface area contributed by atoms with Crippen molar-refractivity contribution in [1.29, 1.82) is 0 Å². The van der Waals surface area contributed by atoms with Crippen LogP contribution in [0.15, 0.2) is 133 Å². The van der Waals surface area contributed by atoms with E-state index in [1.807, 2.05) is 23.2 Å². The van der Waals surface area contributed by atoms with Gasteiger partial charge in [0.1, 0.15) is 0 Å². The number of para-hydroxylation sites is 4. The van der Waals surface area contributed by atoms with E-state index in [1.54, 1.807) is 0 Å². The number of nitrogens with zero attached hydrogens (tertiary/aromatic N) is 4. The fourth-order valence-electron chi connectivity index (χ4n) is 8.50. The van der Waals surface area contributed by atoms with E-state index < -0.39 is 0 Å². The third-order valence-electron chi connectivity index (χ3n) is 11.2. The van der Waals surface area contributed by atoms with Crippen molar-refractivity contribution >= 4 is 28.4 Å². The van der Waals surface area contributed by atoms with Gasteiger partial charge < -0.3 is 20.2 Å². The van der Waals surface area contributed by atoms with Crippen molar-refractivity contribution in [3.63, 3.8) is 0 Å². The summed E-state index contributed by atoms with van der Waals surface area (Å²) in [5.74, 6) is 0. The first-order valence-corrected chi connectivity index (χ1v) is 19.3. The Morgan fingerprint density at radius 2 is 1.33 bits per heavy atom. The molecule has 2 aliphatic heterocycles. The molecule has 0 saturated carbocycles. The molecule has 0 bridgehead atoms. The summed E-state index contributed by atoms with van der Waals surface area (Å²) in [6.45, 7) is 8.86. The molecule has 0 fully saturated rings. The molecule has 3 aliphatic rings. The number of fused-ring (bicyclic) bond motifs is 5. The maximum Gasteiger partial charge on any atom is 0.0326 e. The summed E-state index contributed by atoms with van der Waals surface area (Å²) in [7, 11) is 2.06. The molecule has 1 unspecified atom stereocenters. The van der Waals surface area contributed by atoms with Crippen LogP contribution in [0.4, 0.5) is 28.4 Å². The molecule has 0 saturated heterocycles. The fourth-order valence-corrected chi connectivity index (χ4v) is 8.50. The Kier molecular flexibility index (Phi) is 11.4. The predicted molar refractivity (Wildman–Crippen MR) is 223 cm³/mol. The fraction of sp³-hybridized carbons (Fsp3) is 0.245. The third-order valence-corrected chi connectivity index (χ3v) is 11.2. The van der Waals surface area contributed by atoms with E-state index in [4.69, 9.17) is 5.43 Å². The van der Waals surface area contributed by atoms with E-state index >= 15 is 0 Å². The van der Waals surface area contributed by atoms with Crippen LogP contribution in [-0.2, 0) is 25.5 Å². The molecule has 9 rings (SSSR count). The van der Waals surface area contributed by atoms with Crippen molar-refractivity contribution in [2.24, 2.45) is 0 Å². The summed E-state index contributed by atoms with van der Waals surface area (Å²) >= 11 is 0. The van der Waals surface area contributed by atoms with Gasteiger partial charge in [0.15, 0.2) is 0 Å². The van der Waals surface area contributed by atoms with Gasteiger partial charge in [-0.1, -0.05) is 137 Å². The zero-order valence-electron chi connectivity index (χ0n) is 31.7. The monoisotopic (exact) mass is 885 g/mol. The van der Waals surface area contributed by atoms with Gasteiger partial charge in [-0.2, -0.15) is 55.2 Å². The molecule has 2 heterocycles. The van der Waals surface area contributed by atoms with Gasteiger partial charge in [0.05, 0.1) is 0 Å². The molecule has 6 aromatic carbocycles. The second-order valence-corrected chi connectivity index (χ2v) is 14.6. The summed E-state index contributed by atoms with van der Waals surface area (Å²) in [4.78, 5) is 4.27. The SMILES string of the molecule is CCCCC1(CCCC)c2ccccc2-c2ccc(-c3c[c-]c(N4[N-]C(C)c5ccccc54)cc3)cc21.CN1[CH-]N(c2[c-]cccc2)c2ccccc21.[Ir]. The van der Waals surface area contributed by atoms with E-state index in [2.05, 4.69) is 172 Å². The Balaban J connectivity index is 0.000000221. The first kappa shape index (κ1) is 37.6. The molecule has 54 heavy (non-hydrogen) atoms. The molecule has 5 heteroatoms. The Morgan fingerprint density at radius 1 is 0.667 bits per heavy atom. The molecule has 1 radical (unpaired) electrons. The van der Waals surface area contributed by atoms with Gasteiger partial charge in [-0.25, -0.2) is 0 Å². The minimum atomic E-state index is 0. The second kappa shape index (κ2) is 16.4. The molecule has 1 aliphatic carbocycles. The van der Waals surface area contributed by atoms with E-state index in [9.17, 15) is 0 Å². The van der Waals surface area contributed by atoms with Gasteiger partial charge in [0.25, 0.3) is 0 Å². The van der Waals surface area contributed by atoms with Crippen molar-refractivity contribution in [3.05, 3.63) is 174 Å². The van der Waals surface area contributed by atoms with E-state index in [1.165, 1.54) is 88.8 Å². The van der Waals surface area contributed by atoms with Crippen LogP contribution in [0.25, 0.3) is 27.7 Å². The summed E-state index contributed by atoms with van der Waals surface area (Å²) in [5, 5.41) is 2.05. The Morgan fingerprint density at radius 3 is 2.06 bits per heavy atom. The second-order valence-electron chi connectivity index (χ2n) is 14.6. The molecule has 0 aromatic heterocycles. The van der Waals surface area contributed by atoms with Gasteiger partial charge in [-0.05, 0) is 65.9 Å². The van der Waals surface area contributed by atoms with Crippen molar-refractivity contribution in [2.75, 3.05) is 21.9 Å². The third kappa shape index (κ3) is 6.90. The molecule has 0 spiro atoms. The smallest absolute Gasteiger partial charge is 0.0326 e. The van der Waals surface area contributed by atoms with Crippen LogP contribution in [0.2, 0.25) is 0 Å². The van der Waals surface area contributed by atoms with Gasteiger partial charge in [0.2, 0.25) is 0 Å². The van der Waals surface area contributed by atoms with Crippen LogP contribution in [0.3, 0.4) is 0 Å². The minimum Gasteiger partial charge on any atom is -0.558 e. The molecule has 0 amide bonds. The summed E-state index contributed by atoms with van der Waals surface area (Å²) < 4.78 is 0. The number of benzene rings is 6. The minimum absolute atomic E-state index is 0. The zero-order valence-corrected chi connectivity index (χ0v) is 34.1. The van der Waals surface area contributed by atoms with Crippen molar-refractivity contribution < 1.29 is 20.1 Å². The summed E-state index contributed by atoms with van der Waals surface area (Å²) in [6, 6.07) is 54.6. The van der Waals surface area contributed by atoms with E-state index in [0.717, 1.165) is 17.1 Å². The maximum absolute atomic E-state index is 4.88.